The highest BCUT2D eigenvalue weighted by molar-refractivity contribution is 7.47. The molecule has 19 heteroatoms. The van der Waals surface area contributed by atoms with Crippen molar-refractivity contribution in [2.75, 3.05) is 39.6 Å². The van der Waals surface area contributed by atoms with E-state index in [1.54, 1.807) is 0 Å². The van der Waals surface area contributed by atoms with E-state index in [1.165, 1.54) is 38.5 Å². The van der Waals surface area contributed by atoms with Gasteiger partial charge in [0.2, 0.25) is 0 Å². The number of hydrogen-bond acceptors (Lipinski definition) is 15. The topological polar surface area (TPSA) is 237 Å². The smallest absolute Gasteiger partial charge is 0.462 e. The Morgan fingerprint density at radius 1 is 0.400 bits per heavy atom. The van der Waals surface area contributed by atoms with E-state index < -0.39 is 97.5 Å². The molecule has 0 amide bonds. The van der Waals surface area contributed by atoms with Crippen LogP contribution in [0.1, 0.15) is 240 Å². The number of unbranched alkanes of at least 4 members (excludes halogenated alkanes) is 22. The van der Waals surface area contributed by atoms with Crippen molar-refractivity contribution in [2.24, 2.45) is 5.92 Å². The van der Waals surface area contributed by atoms with Gasteiger partial charge in [0.1, 0.15) is 19.3 Å². The lowest BCUT2D eigenvalue weighted by Gasteiger charge is -2.21. The first-order chi connectivity index (χ1) is 33.6. The number of aliphatic hydroxyl groups is 1. The van der Waals surface area contributed by atoms with Crippen molar-refractivity contribution in [1.29, 1.82) is 0 Å². The summed E-state index contributed by atoms with van der Waals surface area (Å²) in [7, 11) is -9.84. The third-order valence-electron chi connectivity index (χ3n) is 11.9. The highest BCUT2D eigenvalue weighted by Crippen LogP contribution is 2.45. The van der Waals surface area contributed by atoms with Gasteiger partial charge in [0.05, 0.1) is 26.4 Å². The summed E-state index contributed by atoms with van der Waals surface area (Å²) in [5, 5.41) is 10.4. The molecule has 3 unspecified atom stereocenters. The van der Waals surface area contributed by atoms with Gasteiger partial charge >= 0.3 is 39.5 Å². The molecular weight excluding hydrogens is 946 g/mol. The zero-order valence-electron chi connectivity index (χ0n) is 44.1. The molecule has 0 saturated carbocycles. The maximum absolute atomic E-state index is 12.8. The molecule has 0 aromatic carbocycles. The van der Waals surface area contributed by atoms with Crippen LogP contribution in [0.4, 0.5) is 0 Å². The highest BCUT2D eigenvalue weighted by Gasteiger charge is 2.30. The average molecular weight is 1050 g/mol. The van der Waals surface area contributed by atoms with E-state index in [0.29, 0.717) is 25.7 Å². The molecule has 0 rings (SSSR count). The summed E-state index contributed by atoms with van der Waals surface area (Å²) in [6.45, 7) is 6.88. The zero-order chi connectivity index (χ0) is 52.1. The number of phosphoric acid groups is 2. The fourth-order valence-corrected chi connectivity index (χ4v) is 8.83. The van der Waals surface area contributed by atoms with Gasteiger partial charge in [-0.15, -0.1) is 0 Å². The molecule has 3 N–H and O–H groups in total. The third-order valence-corrected chi connectivity index (χ3v) is 13.8. The predicted molar refractivity (Wildman–Crippen MR) is 271 cm³/mol. The SMILES string of the molecule is CCCCCCCCCCC(=O)OC[C@H](COP(=O)(O)OC[C@@H](O)COP(=O)(O)OC[C@@H](COC(=O)CCCCCCC)OC(=O)CCCCCCCCC)OC(=O)CCCCCCCCC(C)CC. The minimum Gasteiger partial charge on any atom is -0.462 e. The Bertz CT molecular complexity index is 1400. The van der Waals surface area contributed by atoms with Crippen molar-refractivity contribution in [3.63, 3.8) is 0 Å². The van der Waals surface area contributed by atoms with Crippen LogP contribution in [0.5, 0.6) is 0 Å². The van der Waals surface area contributed by atoms with E-state index >= 15 is 0 Å². The molecule has 70 heavy (non-hydrogen) atoms. The second-order valence-electron chi connectivity index (χ2n) is 18.8. The van der Waals surface area contributed by atoms with Gasteiger partial charge in [0, 0.05) is 25.7 Å². The van der Waals surface area contributed by atoms with E-state index in [9.17, 15) is 43.2 Å². The standard InChI is InChI=1S/C51H98O17P2/c1-6-10-13-16-18-20-25-30-35-49(54)62-41-47(68-51(56)37-32-27-22-21-24-28-33-44(5)9-4)43-66-70(59,60)64-39-45(52)38-63-69(57,58)65-42-46(40-61-48(53)34-29-23-15-12-8-3)67-50(55)36-31-26-19-17-14-11-7-2/h44-47,52H,6-43H2,1-5H3,(H,57,58)(H,59,60)/t44?,45-,46+,47+/m0/s1. The van der Waals surface area contributed by atoms with Gasteiger partial charge in [0.25, 0.3) is 0 Å². The minimum atomic E-state index is -4.92. The lowest BCUT2D eigenvalue weighted by molar-refractivity contribution is -0.161. The molecule has 0 heterocycles. The molecule has 0 aliphatic rings. The fourth-order valence-electron chi connectivity index (χ4n) is 7.25. The Balaban J connectivity index is 5.18. The van der Waals surface area contributed by atoms with Gasteiger partial charge in [-0.3, -0.25) is 37.3 Å². The number of carbonyl (C=O) groups excluding carboxylic acids is 4. The number of ether oxygens (including phenoxy) is 4. The number of rotatable bonds is 51. The molecule has 414 valence electrons. The van der Waals surface area contributed by atoms with Crippen LogP contribution in [0.15, 0.2) is 0 Å². The van der Waals surface area contributed by atoms with Crippen LogP contribution in [0.2, 0.25) is 0 Å². The summed E-state index contributed by atoms with van der Waals surface area (Å²) in [6.07, 6.45) is 24.5. The molecule has 6 atom stereocenters. The molecule has 0 aromatic heterocycles. The largest absolute Gasteiger partial charge is 0.472 e. The zero-order valence-corrected chi connectivity index (χ0v) is 45.9. The number of phosphoric ester groups is 2. The molecular formula is C51H98O17P2. The van der Waals surface area contributed by atoms with Gasteiger partial charge in [-0.2, -0.15) is 0 Å². The molecule has 0 radical (unpaired) electrons. The highest BCUT2D eigenvalue weighted by atomic mass is 31.2. The normalized spacial score (nSPS) is 15.0. The lowest BCUT2D eigenvalue weighted by atomic mass is 10.00. The number of esters is 4. The van der Waals surface area contributed by atoms with E-state index in [-0.39, 0.29) is 25.7 Å². The summed E-state index contributed by atoms with van der Waals surface area (Å²) in [5.74, 6) is -1.45. The Morgan fingerprint density at radius 2 is 0.686 bits per heavy atom. The molecule has 0 spiro atoms. The van der Waals surface area contributed by atoms with Crippen molar-refractivity contribution in [1.82, 2.24) is 0 Å². The monoisotopic (exact) mass is 1040 g/mol. The summed E-state index contributed by atoms with van der Waals surface area (Å²) in [4.78, 5) is 71.1. The molecule has 0 bridgehead atoms. The van der Waals surface area contributed by atoms with Gasteiger partial charge in [-0.25, -0.2) is 9.13 Å². The maximum atomic E-state index is 12.8. The van der Waals surface area contributed by atoms with Crippen LogP contribution in [-0.2, 0) is 65.4 Å². The minimum absolute atomic E-state index is 0.102. The Morgan fingerprint density at radius 3 is 1.01 bits per heavy atom. The van der Waals surface area contributed by atoms with E-state index in [1.807, 2.05) is 0 Å². The van der Waals surface area contributed by atoms with Crippen LogP contribution in [0, 0.1) is 5.92 Å². The van der Waals surface area contributed by atoms with E-state index in [2.05, 4.69) is 34.6 Å². The van der Waals surface area contributed by atoms with Crippen molar-refractivity contribution in [3.05, 3.63) is 0 Å². The summed E-state index contributed by atoms with van der Waals surface area (Å²) in [6, 6.07) is 0. The van der Waals surface area contributed by atoms with Gasteiger partial charge in [-0.1, -0.05) is 189 Å². The maximum Gasteiger partial charge on any atom is 0.472 e. The van der Waals surface area contributed by atoms with Crippen LogP contribution >= 0.6 is 15.6 Å². The average Bonchev–Trinajstić information content (AvgIpc) is 3.33. The first kappa shape index (κ1) is 68.1. The van der Waals surface area contributed by atoms with Crippen molar-refractivity contribution in [3.8, 4) is 0 Å². The summed E-state index contributed by atoms with van der Waals surface area (Å²) >= 11 is 0. The van der Waals surface area contributed by atoms with Crippen LogP contribution in [0.3, 0.4) is 0 Å². The molecule has 17 nitrogen and oxygen atoms in total. The first-order valence-electron chi connectivity index (χ1n) is 27.2. The second-order valence-corrected chi connectivity index (χ2v) is 21.7. The Labute approximate surface area is 422 Å². The van der Waals surface area contributed by atoms with Crippen LogP contribution in [-0.4, -0.2) is 96.7 Å². The number of aliphatic hydroxyl groups excluding tert-OH is 1. The van der Waals surface area contributed by atoms with Gasteiger partial charge in [0.15, 0.2) is 12.2 Å². The van der Waals surface area contributed by atoms with Crippen LogP contribution < -0.4 is 0 Å². The predicted octanol–water partition coefficient (Wildman–Crippen LogP) is 12.7. The van der Waals surface area contributed by atoms with Crippen LogP contribution in [0.25, 0.3) is 0 Å². The summed E-state index contributed by atoms with van der Waals surface area (Å²) in [5.41, 5.74) is 0. The molecule has 0 aliphatic carbocycles. The van der Waals surface area contributed by atoms with Gasteiger partial charge < -0.3 is 33.8 Å². The Kier molecular flexibility index (Phi) is 44.4. The number of hydrogen-bond donors (Lipinski definition) is 3. The molecule has 0 fully saturated rings. The van der Waals surface area contributed by atoms with E-state index in [0.717, 1.165) is 121 Å². The summed E-state index contributed by atoms with van der Waals surface area (Å²) < 4.78 is 67.1. The molecule has 0 saturated heterocycles. The Hall–Kier alpha value is -1.94. The second kappa shape index (κ2) is 45.7. The first-order valence-corrected chi connectivity index (χ1v) is 30.2. The third kappa shape index (κ3) is 44.7. The van der Waals surface area contributed by atoms with Crippen molar-refractivity contribution < 1.29 is 80.2 Å². The molecule has 0 aromatic rings. The van der Waals surface area contributed by atoms with Gasteiger partial charge in [-0.05, 0) is 31.6 Å². The lowest BCUT2D eigenvalue weighted by Crippen LogP contribution is -2.30. The van der Waals surface area contributed by atoms with Crippen molar-refractivity contribution in [2.45, 2.75) is 258 Å². The fraction of sp³-hybridized carbons (Fsp3) is 0.922. The molecule has 0 aliphatic heterocycles. The number of carbonyl (C=O) groups is 4. The van der Waals surface area contributed by atoms with E-state index in [4.69, 9.17) is 37.0 Å². The quantitative estimate of drug-likeness (QED) is 0.0222. The van der Waals surface area contributed by atoms with Crippen molar-refractivity contribution >= 4 is 39.5 Å².